The van der Waals surface area contributed by atoms with Gasteiger partial charge in [0, 0.05) is 10.2 Å². The summed E-state index contributed by atoms with van der Waals surface area (Å²) in [5.74, 6) is 1.16. The predicted molar refractivity (Wildman–Crippen MR) is 85.8 cm³/mol. The highest BCUT2D eigenvalue weighted by Gasteiger charge is 2.15. The zero-order valence-corrected chi connectivity index (χ0v) is 13.5. The summed E-state index contributed by atoms with van der Waals surface area (Å²) in [6.45, 7) is 6.45. The van der Waals surface area contributed by atoms with Crippen molar-refractivity contribution >= 4 is 38.5 Å². The van der Waals surface area contributed by atoms with E-state index in [0.29, 0.717) is 6.04 Å². The first-order valence-corrected chi connectivity index (χ1v) is 8.12. The van der Waals surface area contributed by atoms with Crippen molar-refractivity contribution in [3.63, 3.8) is 0 Å². The van der Waals surface area contributed by atoms with E-state index in [1.165, 1.54) is 17.5 Å². The number of hydrogen-bond donors (Lipinski definition) is 1. The molecule has 1 N–H and O–H groups in total. The lowest BCUT2D eigenvalue weighted by atomic mass is 10.1. The van der Waals surface area contributed by atoms with Crippen LogP contribution < -0.4 is 5.32 Å². The largest absolute Gasteiger partial charge is 0.334 e. The van der Waals surface area contributed by atoms with E-state index in [4.69, 9.17) is 4.99 Å². The number of nitrogens with one attached hydrogen (secondary N) is 1. The normalized spacial score (nSPS) is 19.6. The molecule has 0 aliphatic carbocycles. The van der Waals surface area contributed by atoms with Crippen LogP contribution in [-0.4, -0.2) is 17.0 Å². The lowest BCUT2D eigenvalue weighted by Crippen LogP contribution is -2.20. The van der Waals surface area contributed by atoms with Crippen LogP contribution in [0.4, 0.5) is 5.69 Å². The Hall–Kier alpha value is -0.480. The molecule has 0 fully saturated rings. The van der Waals surface area contributed by atoms with Gasteiger partial charge in [-0.1, -0.05) is 24.8 Å². The Labute approximate surface area is 122 Å². The van der Waals surface area contributed by atoms with Crippen molar-refractivity contribution in [1.29, 1.82) is 0 Å². The fourth-order valence-electron chi connectivity index (χ4n) is 2.10. The SMILES string of the molecule is CCC1CCSC(Nc2c(C)cc(C)cc2Br)=N1. The van der Waals surface area contributed by atoms with E-state index >= 15 is 0 Å². The van der Waals surface area contributed by atoms with Gasteiger partial charge in [-0.3, -0.25) is 4.99 Å². The van der Waals surface area contributed by atoms with Gasteiger partial charge in [-0.05, 0) is 59.8 Å². The number of thioether (sulfide) groups is 1. The van der Waals surface area contributed by atoms with Crippen LogP contribution in [-0.2, 0) is 0 Å². The van der Waals surface area contributed by atoms with Crippen LogP contribution >= 0.6 is 27.7 Å². The minimum atomic E-state index is 0.485. The van der Waals surface area contributed by atoms with E-state index in [0.717, 1.165) is 27.5 Å². The second-order valence-corrected chi connectivity index (χ2v) is 6.64. The highest BCUT2D eigenvalue weighted by atomic mass is 79.9. The first kappa shape index (κ1) is 13.9. The Morgan fingerprint density at radius 2 is 2.22 bits per heavy atom. The summed E-state index contributed by atoms with van der Waals surface area (Å²) in [4.78, 5) is 4.75. The minimum Gasteiger partial charge on any atom is -0.334 e. The molecule has 0 spiro atoms. The van der Waals surface area contributed by atoms with E-state index in [2.05, 4.69) is 54.2 Å². The van der Waals surface area contributed by atoms with Gasteiger partial charge < -0.3 is 5.32 Å². The van der Waals surface area contributed by atoms with Gasteiger partial charge >= 0.3 is 0 Å². The van der Waals surface area contributed by atoms with E-state index < -0.39 is 0 Å². The van der Waals surface area contributed by atoms with Crippen molar-refractivity contribution in [2.75, 3.05) is 11.1 Å². The summed E-state index contributed by atoms with van der Waals surface area (Å²) in [5.41, 5.74) is 3.67. The third-order valence-corrected chi connectivity index (χ3v) is 4.67. The molecule has 1 aromatic carbocycles. The molecule has 1 aromatic rings. The van der Waals surface area contributed by atoms with E-state index in [1.807, 2.05) is 11.8 Å². The van der Waals surface area contributed by atoms with Gasteiger partial charge in [-0.25, -0.2) is 0 Å². The van der Waals surface area contributed by atoms with Crippen molar-refractivity contribution < 1.29 is 0 Å². The van der Waals surface area contributed by atoms with Crippen molar-refractivity contribution in [2.24, 2.45) is 4.99 Å². The fourth-order valence-corrected chi connectivity index (χ4v) is 3.86. The average Bonchev–Trinajstić information content (AvgIpc) is 2.34. The van der Waals surface area contributed by atoms with Crippen molar-refractivity contribution in [3.05, 3.63) is 27.7 Å². The van der Waals surface area contributed by atoms with Gasteiger partial charge in [0.2, 0.25) is 0 Å². The Kier molecular flexibility index (Phi) is 4.73. The summed E-state index contributed by atoms with van der Waals surface area (Å²) >= 11 is 5.45. The number of anilines is 1. The maximum atomic E-state index is 4.75. The van der Waals surface area contributed by atoms with Gasteiger partial charge in [0.25, 0.3) is 0 Å². The standard InChI is InChI=1S/C14H19BrN2S/c1-4-11-5-6-18-14(16-11)17-13-10(3)7-9(2)8-12(13)15/h7-8,11H,4-6H2,1-3H3,(H,16,17). The molecule has 18 heavy (non-hydrogen) atoms. The van der Waals surface area contributed by atoms with Gasteiger partial charge in [-0.15, -0.1) is 0 Å². The van der Waals surface area contributed by atoms with E-state index in [-0.39, 0.29) is 0 Å². The maximum Gasteiger partial charge on any atom is 0.161 e. The summed E-state index contributed by atoms with van der Waals surface area (Å²) in [5, 5.41) is 4.53. The predicted octanol–water partition coefficient (Wildman–Crippen LogP) is 4.75. The number of rotatable bonds is 2. The number of nitrogens with zero attached hydrogens (tertiary/aromatic N) is 1. The van der Waals surface area contributed by atoms with Crippen molar-refractivity contribution in [3.8, 4) is 0 Å². The number of aliphatic imine (C=N–C) groups is 1. The van der Waals surface area contributed by atoms with Crippen LogP contribution in [0.1, 0.15) is 30.9 Å². The molecule has 1 heterocycles. The molecule has 4 heteroatoms. The van der Waals surface area contributed by atoms with E-state index in [9.17, 15) is 0 Å². The third-order valence-electron chi connectivity index (χ3n) is 3.12. The topological polar surface area (TPSA) is 24.4 Å². The van der Waals surface area contributed by atoms with Gasteiger partial charge in [0.05, 0.1) is 11.7 Å². The highest BCUT2D eigenvalue weighted by molar-refractivity contribution is 9.10. The van der Waals surface area contributed by atoms with Gasteiger partial charge in [0.1, 0.15) is 0 Å². The summed E-state index contributed by atoms with van der Waals surface area (Å²) in [6.07, 6.45) is 2.32. The van der Waals surface area contributed by atoms with Gasteiger partial charge in [0.15, 0.2) is 5.17 Å². The third kappa shape index (κ3) is 3.29. The number of benzene rings is 1. The second kappa shape index (κ2) is 6.11. The fraction of sp³-hybridized carbons (Fsp3) is 0.500. The molecule has 2 rings (SSSR count). The Morgan fingerprint density at radius 3 is 2.89 bits per heavy atom. The average molecular weight is 327 g/mol. The van der Waals surface area contributed by atoms with E-state index in [1.54, 1.807) is 0 Å². The lowest BCUT2D eigenvalue weighted by Gasteiger charge is -2.21. The van der Waals surface area contributed by atoms with Crippen LogP contribution in [0.5, 0.6) is 0 Å². The first-order chi connectivity index (χ1) is 8.60. The van der Waals surface area contributed by atoms with Crippen LogP contribution in [0.15, 0.2) is 21.6 Å². The summed E-state index contributed by atoms with van der Waals surface area (Å²) in [7, 11) is 0. The number of amidine groups is 1. The summed E-state index contributed by atoms with van der Waals surface area (Å²) in [6, 6.07) is 4.82. The second-order valence-electron chi connectivity index (χ2n) is 4.70. The molecule has 0 radical (unpaired) electrons. The molecule has 0 saturated heterocycles. The molecule has 0 saturated carbocycles. The Bertz CT molecular complexity index is 448. The molecule has 1 aliphatic rings. The summed E-state index contributed by atoms with van der Waals surface area (Å²) < 4.78 is 1.11. The molecule has 1 aliphatic heterocycles. The molecule has 1 unspecified atom stereocenters. The quantitative estimate of drug-likeness (QED) is 0.848. The molecular formula is C14H19BrN2S. The Balaban J connectivity index is 2.21. The number of halogens is 1. The molecule has 1 atom stereocenters. The number of aryl methyl sites for hydroxylation is 2. The monoisotopic (exact) mass is 326 g/mol. The van der Waals surface area contributed by atoms with Crippen molar-refractivity contribution in [1.82, 2.24) is 0 Å². The van der Waals surface area contributed by atoms with Crippen molar-refractivity contribution in [2.45, 2.75) is 39.7 Å². The zero-order chi connectivity index (χ0) is 13.1. The first-order valence-electron chi connectivity index (χ1n) is 6.34. The zero-order valence-electron chi connectivity index (χ0n) is 11.1. The van der Waals surface area contributed by atoms with Crippen LogP contribution in [0.2, 0.25) is 0 Å². The van der Waals surface area contributed by atoms with Crippen LogP contribution in [0, 0.1) is 13.8 Å². The van der Waals surface area contributed by atoms with Crippen LogP contribution in [0.25, 0.3) is 0 Å². The minimum absolute atomic E-state index is 0.485. The molecule has 0 bridgehead atoms. The molecule has 0 aromatic heterocycles. The highest BCUT2D eigenvalue weighted by Crippen LogP contribution is 2.30. The van der Waals surface area contributed by atoms with Crippen LogP contribution in [0.3, 0.4) is 0 Å². The number of hydrogen-bond acceptors (Lipinski definition) is 3. The smallest absolute Gasteiger partial charge is 0.161 e. The Morgan fingerprint density at radius 1 is 1.44 bits per heavy atom. The molecule has 2 nitrogen and oxygen atoms in total. The molecule has 0 amide bonds. The molecular weight excluding hydrogens is 308 g/mol. The molecule has 98 valence electrons. The van der Waals surface area contributed by atoms with Gasteiger partial charge in [-0.2, -0.15) is 0 Å². The maximum absolute atomic E-state index is 4.75. The lowest BCUT2D eigenvalue weighted by molar-refractivity contribution is 0.634.